The summed E-state index contributed by atoms with van der Waals surface area (Å²) in [5.41, 5.74) is 17.9. The lowest BCUT2D eigenvalue weighted by molar-refractivity contribution is 1.01. The van der Waals surface area contributed by atoms with Crippen LogP contribution in [-0.4, -0.2) is 33.6 Å². The molecule has 0 radical (unpaired) electrons. The van der Waals surface area contributed by atoms with Crippen LogP contribution in [0.25, 0.3) is 191 Å². The Balaban J connectivity index is 0.808. The zero-order chi connectivity index (χ0) is 60.1. The van der Waals surface area contributed by atoms with Crippen LogP contribution < -0.4 is 0 Å². The van der Waals surface area contributed by atoms with E-state index in [1.807, 2.05) is 11.3 Å². The van der Waals surface area contributed by atoms with E-state index in [0.29, 0.717) is 11.9 Å². The molecule has 0 atom stereocenters. The van der Waals surface area contributed by atoms with Crippen molar-refractivity contribution in [3.05, 3.63) is 297 Å². The van der Waals surface area contributed by atoms with Crippen LogP contribution in [0.3, 0.4) is 0 Å². The SMILES string of the molecule is c1ccc(-c2nc(-n3c4ccc(-c5ccc6c(c5)c5ccccc5n6-c5ccccc5)cc4c4ccc(-c5ccc6c(c5)sc5c6c6ccccc6c6c7ccccc7n(-c7nc(-c8ccccc8)c8ccc9ccccc9c8n7)c56)cc43)nc3ccccc23)cc1. The second-order valence-electron chi connectivity index (χ2n) is 24.0. The van der Waals surface area contributed by atoms with E-state index >= 15 is 0 Å². The fraction of sp³-hybridized carbons (Fsp3) is 0. The van der Waals surface area contributed by atoms with Crippen LogP contribution in [-0.2, 0) is 0 Å². The smallest absolute Gasteiger partial charge is 0.235 e. The fourth-order valence-corrected chi connectivity index (χ4v) is 16.2. The minimum absolute atomic E-state index is 0.619. The Hall–Kier alpha value is -12.1. The summed E-state index contributed by atoms with van der Waals surface area (Å²) in [4.78, 5) is 22.2. The van der Waals surface area contributed by atoms with E-state index in [4.69, 9.17) is 19.9 Å². The fourth-order valence-electron chi connectivity index (χ4n) is 14.9. The van der Waals surface area contributed by atoms with Crippen molar-refractivity contribution in [2.24, 2.45) is 0 Å². The maximum Gasteiger partial charge on any atom is 0.235 e. The van der Waals surface area contributed by atoms with Gasteiger partial charge in [0.1, 0.15) is 0 Å². The van der Waals surface area contributed by atoms with Gasteiger partial charge in [-0.25, -0.2) is 19.9 Å². The molecule has 426 valence electrons. The van der Waals surface area contributed by atoms with Gasteiger partial charge in [-0.15, -0.1) is 11.3 Å². The van der Waals surface area contributed by atoms with Crippen molar-refractivity contribution in [1.82, 2.24) is 33.6 Å². The molecule has 0 amide bonds. The Morgan fingerprint density at radius 3 is 1.47 bits per heavy atom. The van der Waals surface area contributed by atoms with Crippen molar-refractivity contribution in [2.45, 2.75) is 0 Å². The molecule has 0 aliphatic carbocycles. The topological polar surface area (TPSA) is 66.3 Å². The summed E-state index contributed by atoms with van der Waals surface area (Å²) in [5, 5.41) is 16.2. The first-order chi connectivity index (χ1) is 45.6. The van der Waals surface area contributed by atoms with Crippen molar-refractivity contribution < 1.29 is 0 Å². The molecule has 6 heterocycles. The number of fused-ring (bicyclic) bond motifs is 20. The highest BCUT2D eigenvalue weighted by Crippen LogP contribution is 2.50. The van der Waals surface area contributed by atoms with Crippen molar-refractivity contribution in [3.63, 3.8) is 0 Å². The summed E-state index contributed by atoms with van der Waals surface area (Å²) in [7, 11) is 0. The number of para-hydroxylation sites is 4. The molecule has 0 saturated heterocycles. The number of hydrogen-bond donors (Lipinski definition) is 0. The molecule has 0 bridgehead atoms. The van der Waals surface area contributed by atoms with Crippen LogP contribution in [0.2, 0.25) is 0 Å². The highest BCUT2D eigenvalue weighted by atomic mass is 32.1. The summed E-state index contributed by atoms with van der Waals surface area (Å²) in [5.74, 6) is 1.26. The molecule has 7 nitrogen and oxygen atoms in total. The minimum atomic E-state index is 0.619. The predicted molar refractivity (Wildman–Crippen MR) is 385 cm³/mol. The predicted octanol–water partition coefficient (Wildman–Crippen LogP) is 22.2. The molecule has 0 aliphatic rings. The lowest BCUT2D eigenvalue weighted by Gasteiger charge is -2.14. The molecule has 14 aromatic carbocycles. The zero-order valence-electron chi connectivity index (χ0n) is 49.3. The summed E-state index contributed by atoms with van der Waals surface area (Å²) in [6.45, 7) is 0. The molecular weight excluding hydrogens is 1140 g/mol. The van der Waals surface area contributed by atoms with Crippen LogP contribution >= 0.6 is 11.3 Å². The van der Waals surface area contributed by atoms with Gasteiger partial charge >= 0.3 is 0 Å². The number of aromatic nitrogens is 7. The van der Waals surface area contributed by atoms with Crippen LogP contribution in [0.5, 0.6) is 0 Å². The maximum absolute atomic E-state index is 5.63. The van der Waals surface area contributed by atoms with Crippen LogP contribution in [0, 0.1) is 0 Å². The molecule has 20 rings (SSSR count). The summed E-state index contributed by atoms with van der Waals surface area (Å²) < 4.78 is 9.40. The van der Waals surface area contributed by atoms with Crippen molar-refractivity contribution in [2.75, 3.05) is 0 Å². The molecular formula is C84H49N7S. The van der Waals surface area contributed by atoms with Crippen LogP contribution in [0.1, 0.15) is 0 Å². The van der Waals surface area contributed by atoms with Crippen LogP contribution in [0.4, 0.5) is 0 Å². The average molecular weight is 1190 g/mol. The van der Waals surface area contributed by atoms with Gasteiger partial charge in [0.2, 0.25) is 11.9 Å². The number of rotatable bonds is 7. The first-order valence-corrected chi connectivity index (χ1v) is 32.0. The summed E-state index contributed by atoms with van der Waals surface area (Å²) >= 11 is 1.85. The van der Waals surface area contributed by atoms with Gasteiger partial charge in [0.05, 0.1) is 60.2 Å². The van der Waals surface area contributed by atoms with Gasteiger partial charge < -0.3 is 4.57 Å². The quantitative estimate of drug-likeness (QED) is 0.149. The third kappa shape index (κ3) is 7.50. The molecule has 6 aromatic heterocycles. The minimum Gasteiger partial charge on any atom is -0.309 e. The lowest BCUT2D eigenvalue weighted by atomic mass is 9.97. The first-order valence-electron chi connectivity index (χ1n) is 31.2. The zero-order valence-corrected chi connectivity index (χ0v) is 50.1. The van der Waals surface area contributed by atoms with Gasteiger partial charge in [0.25, 0.3) is 0 Å². The Morgan fingerprint density at radius 1 is 0.261 bits per heavy atom. The van der Waals surface area contributed by atoms with Gasteiger partial charge in [0.15, 0.2) is 0 Å². The maximum atomic E-state index is 5.63. The van der Waals surface area contributed by atoms with Crippen molar-refractivity contribution in [3.8, 4) is 62.4 Å². The molecule has 0 N–H and O–H groups in total. The molecule has 0 saturated carbocycles. The van der Waals surface area contributed by atoms with E-state index in [9.17, 15) is 0 Å². The largest absolute Gasteiger partial charge is 0.309 e. The third-order valence-corrected chi connectivity index (χ3v) is 20.2. The first kappa shape index (κ1) is 50.9. The molecule has 0 aliphatic heterocycles. The summed E-state index contributed by atoms with van der Waals surface area (Å²) in [6.07, 6.45) is 0. The van der Waals surface area contributed by atoms with E-state index < -0.39 is 0 Å². The standard InChI is InChI=1S/C84H49N7S/c1-4-21-51(22-5-1)78-63-31-14-17-33-69(63)85-83(86-78)90-73-45-40-54(53-39-44-72-67(46-53)59-28-15-18-34-70(59)89(72)57-25-8-3-9-26-57)47-68(73)60-41-37-55(48-74(60)90)56-38-42-65-75(49-56)92-82-77(65)62-30-13-12-29-61(62)76-64-32-16-19-35-71(64)91(81(76)82)84-87-79(52-23-6-2-7-24-52)66-43-36-50-20-10-11-27-58(50)80(66)88-84/h1-49H. The monoisotopic (exact) mass is 1190 g/mol. The van der Waals surface area contributed by atoms with E-state index in [2.05, 4.69) is 311 Å². The molecule has 0 unspecified atom stereocenters. The van der Waals surface area contributed by atoms with Gasteiger partial charge in [-0.1, -0.05) is 224 Å². The molecule has 92 heavy (non-hydrogen) atoms. The van der Waals surface area contributed by atoms with Crippen LogP contribution in [0.15, 0.2) is 297 Å². The molecule has 0 fully saturated rings. The molecule has 20 aromatic rings. The third-order valence-electron chi connectivity index (χ3n) is 19.0. The number of nitrogens with zero attached hydrogens (tertiary/aromatic N) is 7. The van der Waals surface area contributed by atoms with Gasteiger partial charge in [-0.2, -0.15) is 0 Å². The Kier molecular flexibility index (Phi) is 10.9. The van der Waals surface area contributed by atoms with E-state index in [-0.39, 0.29) is 0 Å². The number of thiophene rings is 1. The Morgan fingerprint density at radius 2 is 0.750 bits per heavy atom. The van der Waals surface area contributed by atoms with Gasteiger partial charge in [-0.05, 0) is 111 Å². The van der Waals surface area contributed by atoms with Crippen molar-refractivity contribution >= 4 is 140 Å². The average Bonchev–Trinajstić information content (AvgIpc) is 1.56. The van der Waals surface area contributed by atoms with E-state index in [1.54, 1.807) is 0 Å². The Bertz CT molecular complexity index is 6500. The normalized spacial score (nSPS) is 12.1. The number of hydrogen-bond acceptors (Lipinski definition) is 5. The molecule has 0 spiro atoms. The second kappa shape index (κ2) is 19.7. The number of benzene rings is 14. The summed E-state index contributed by atoms with van der Waals surface area (Å²) in [6, 6.07) is 107. The second-order valence-corrected chi connectivity index (χ2v) is 25.1. The molecule has 8 heteroatoms. The Labute approximate surface area is 530 Å². The highest BCUT2D eigenvalue weighted by Gasteiger charge is 2.26. The van der Waals surface area contributed by atoms with Gasteiger partial charge in [0, 0.05) is 80.8 Å². The lowest BCUT2D eigenvalue weighted by Crippen LogP contribution is -2.04. The highest BCUT2D eigenvalue weighted by molar-refractivity contribution is 7.27. The van der Waals surface area contributed by atoms with Gasteiger partial charge in [-0.3, -0.25) is 9.13 Å². The van der Waals surface area contributed by atoms with E-state index in [0.717, 1.165) is 121 Å². The van der Waals surface area contributed by atoms with Crippen molar-refractivity contribution in [1.29, 1.82) is 0 Å². The van der Waals surface area contributed by atoms with E-state index in [1.165, 1.54) is 58.1 Å².